The molecule has 1 aromatic heterocycles. The van der Waals surface area contributed by atoms with Crippen molar-refractivity contribution in [3.05, 3.63) is 46.3 Å². The summed E-state index contributed by atoms with van der Waals surface area (Å²) in [6, 6.07) is 9.56. The molecule has 10 heteroatoms. The lowest BCUT2D eigenvalue weighted by Crippen LogP contribution is -2.52. The van der Waals surface area contributed by atoms with E-state index in [-0.39, 0.29) is 30.5 Å². The Morgan fingerprint density at radius 1 is 1.16 bits per heavy atom. The van der Waals surface area contributed by atoms with Gasteiger partial charge in [-0.1, -0.05) is 36.4 Å². The molecule has 2 heterocycles. The Morgan fingerprint density at radius 3 is 2.48 bits per heavy atom. The smallest absolute Gasteiger partial charge is 0.407 e. The molecule has 9 nitrogen and oxygen atoms in total. The molecule has 0 radical (unpaired) electrons. The number of methoxy groups -OCH3 is 1. The molecule has 0 saturated carbocycles. The Morgan fingerprint density at radius 2 is 1.84 bits per heavy atom. The van der Waals surface area contributed by atoms with Crippen LogP contribution in [0.3, 0.4) is 0 Å². The van der Waals surface area contributed by atoms with E-state index in [9.17, 15) is 14.4 Å². The van der Waals surface area contributed by atoms with Crippen molar-refractivity contribution in [1.29, 1.82) is 0 Å². The first-order valence-electron chi connectivity index (χ1n) is 9.75. The van der Waals surface area contributed by atoms with Crippen LogP contribution in [0.25, 0.3) is 17.3 Å². The van der Waals surface area contributed by atoms with Crippen LogP contribution in [0.5, 0.6) is 0 Å². The average Bonchev–Trinajstić information content (AvgIpc) is 3.22. The van der Waals surface area contributed by atoms with Gasteiger partial charge in [0.25, 0.3) is 5.91 Å². The number of carboxylic acid groups (broad SMARTS) is 1. The molecular formula is C21H24N4O5S. The quantitative estimate of drug-likeness (QED) is 0.676. The van der Waals surface area contributed by atoms with E-state index in [1.54, 1.807) is 12.0 Å². The highest BCUT2D eigenvalue weighted by Gasteiger charge is 2.24. The predicted octanol–water partition coefficient (Wildman–Crippen LogP) is 2.02. The second-order valence-corrected chi connectivity index (χ2v) is 7.82. The van der Waals surface area contributed by atoms with Crippen molar-refractivity contribution in [2.24, 2.45) is 0 Å². The highest BCUT2D eigenvalue weighted by Crippen LogP contribution is 2.29. The van der Waals surface area contributed by atoms with Crippen LogP contribution in [0.4, 0.5) is 4.79 Å². The van der Waals surface area contributed by atoms with Crippen LogP contribution in [-0.4, -0.2) is 84.2 Å². The number of thiazole rings is 1. The highest BCUT2D eigenvalue weighted by molar-refractivity contribution is 7.15. The summed E-state index contributed by atoms with van der Waals surface area (Å²) >= 11 is 1.24. The summed E-state index contributed by atoms with van der Waals surface area (Å²) < 4.78 is 5.05. The van der Waals surface area contributed by atoms with E-state index in [0.29, 0.717) is 25.4 Å². The number of piperazine rings is 1. The third-order valence-electron chi connectivity index (χ3n) is 4.73. The molecule has 1 aliphatic rings. The average molecular weight is 445 g/mol. The van der Waals surface area contributed by atoms with Crippen molar-refractivity contribution in [3.8, 4) is 11.3 Å². The van der Waals surface area contributed by atoms with E-state index in [1.807, 2.05) is 42.5 Å². The zero-order chi connectivity index (χ0) is 22.2. The maximum absolute atomic E-state index is 12.6. The SMILES string of the molecule is COCC=Cc1sc(C(=O)NCC(=O)N2CCN(C(=O)O)CC2)nc1-c1ccccc1. The van der Waals surface area contributed by atoms with Crippen LogP contribution in [0, 0.1) is 0 Å². The van der Waals surface area contributed by atoms with Gasteiger partial charge in [0.05, 0.1) is 23.7 Å². The van der Waals surface area contributed by atoms with E-state index >= 15 is 0 Å². The maximum atomic E-state index is 12.6. The molecule has 0 spiro atoms. The molecular weight excluding hydrogens is 420 g/mol. The highest BCUT2D eigenvalue weighted by atomic mass is 32.1. The second kappa shape index (κ2) is 10.7. The standard InChI is InChI=1S/C21H24N4O5S/c1-30-13-5-8-16-18(15-6-3-2-4-7-15)23-20(31-16)19(27)22-14-17(26)24-9-11-25(12-10-24)21(28)29/h2-8H,9-14H2,1H3,(H,22,27)(H,28,29). The van der Waals surface area contributed by atoms with Gasteiger partial charge in [0.2, 0.25) is 5.91 Å². The zero-order valence-electron chi connectivity index (χ0n) is 17.1. The number of carbonyl (C=O) groups excluding carboxylic acids is 2. The largest absolute Gasteiger partial charge is 0.465 e. The fraction of sp³-hybridized carbons (Fsp3) is 0.333. The first kappa shape index (κ1) is 22.4. The lowest BCUT2D eigenvalue weighted by atomic mass is 10.1. The summed E-state index contributed by atoms with van der Waals surface area (Å²) in [5, 5.41) is 11.9. The minimum Gasteiger partial charge on any atom is -0.465 e. The number of hydrogen-bond acceptors (Lipinski definition) is 6. The van der Waals surface area contributed by atoms with E-state index in [1.165, 1.54) is 16.2 Å². The number of aromatic nitrogens is 1. The van der Waals surface area contributed by atoms with Crippen LogP contribution in [-0.2, 0) is 9.53 Å². The van der Waals surface area contributed by atoms with Crippen LogP contribution in [0.2, 0.25) is 0 Å². The third-order valence-corrected chi connectivity index (χ3v) is 5.75. The van der Waals surface area contributed by atoms with Crippen LogP contribution in [0.1, 0.15) is 14.7 Å². The lowest BCUT2D eigenvalue weighted by Gasteiger charge is -2.33. The van der Waals surface area contributed by atoms with Crippen molar-refractivity contribution in [2.45, 2.75) is 0 Å². The summed E-state index contributed by atoms with van der Waals surface area (Å²) in [7, 11) is 1.60. The minimum atomic E-state index is -0.992. The Balaban J connectivity index is 1.65. The molecule has 1 aliphatic heterocycles. The van der Waals surface area contributed by atoms with Gasteiger partial charge in [-0.15, -0.1) is 11.3 Å². The van der Waals surface area contributed by atoms with Crippen molar-refractivity contribution in [3.63, 3.8) is 0 Å². The lowest BCUT2D eigenvalue weighted by molar-refractivity contribution is -0.131. The molecule has 164 valence electrons. The number of nitrogens with one attached hydrogen (secondary N) is 1. The van der Waals surface area contributed by atoms with Gasteiger partial charge in [0.1, 0.15) is 0 Å². The molecule has 1 fully saturated rings. The van der Waals surface area contributed by atoms with Gasteiger partial charge >= 0.3 is 6.09 Å². The summed E-state index contributed by atoms with van der Waals surface area (Å²) in [5.74, 6) is -0.676. The number of rotatable bonds is 7. The van der Waals surface area contributed by atoms with Crippen molar-refractivity contribution in [2.75, 3.05) is 46.4 Å². The summed E-state index contributed by atoms with van der Waals surface area (Å²) in [5.41, 5.74) is 1.58. The summed E-state index contributed by atoms with van der Waals surface area (Å²) in [6.45, 7) is 1.42. The van der Waals surface area contributed by atoms with Gasteiger partial charge < -0.3 is 25.0 Å². The predicted molar refractivity (Wildman–Crippen MR) is 117 cm³/mol. The van der Waals surface area contributed by atoms with Crippen molar-refractivity contribution in [1.82, 2.24) is 20.1 Å². The summed E-state index contributed by atoms with van der Waals surface area (Å²) in [4.78, 5) is 44.1. The Hall–Kier alpha value is -3.24. The number of nitrogens with zero attached hydrogens (tertiary/aromatic N) is 3. The monoisotopic (exact) mass is 444 g/mol. The number of carbonyl (C=O) groups is 3. The molecule has 2 aromatic rings. The van der Waals surface area contributed by atoms with Crippen molar-refractivity contribution >= 4 is 35.3 Å². The molecule has 3 rings (SSSR count). The minimum absolute atomic E-state index is 0.166. The number of ether oxygens (including phenoxy) is 1. The molecule has 0 aliphatic carbocycles. The second-order valence-electron chi connectivity index (χ2n) is 6.79. The summed E-state index contributed by atoms with van der Waals surface area (Å²) in [6.07, 6.45) is 2.73. The van der Waals surface area contributed by atoms with E-state index < -0.39 is 12.0 Å². The molecule has 2 N–H and O–H groups in total. The number of hydrogen-bond donors (Lipinski definition) is 2. The molecule has 1 saturated heterocycles. The van der Waals surface area contributed by atoms with Gasteiger partial charge in [-0.2, -0.15) is 0 Å². The Kier molecular flexibility index (Phi) is 7.74. The number of amides is 3. The Labute approximate surface area is 183 Å². The van der Waals surface area contributed by atoms with Gasteiger partial charge in [-0.25, -0.2) is 9.78 Å². The van der Waals surface area contributed by atoms with Gasteiger partial charge in [-0.3, -0.25) is 9.59 Å². The molecule has 31 heavy (non-hydrogen) atoms. The first-order chi connectivity index (χ1) is 15.0. The van der Waals surface area contributed by atoms with Crippen molar-refractivity contribution < 1.29 is 24.2 Å². The molecule has 1 aromatic carbocycles. The van der Waals surface area contributed by atoms with Crippen LogP contribution >= 0.6 is 11.3 Å². The first-order valence-corrected chi connectivity index (χ1v) is 10.6. The third kappa shape index (κ3) is 5.89. The topological polar surface area (TPSA) is 112 Å². The van der Waals surface area contributed by atoms with E-state index in [2.05, 4.69) is 10.3 Å². The molecule has 0 unspecified atom stereocenters. The maximum Gasteiger partial charge on any atom is 0.407 e. The van der Waals surface area contributed by atoms with Gasteiger partial charge in [0.15, 0.2) is 5.01 Å². The normalized spacial score (nSPS) is 14.1. The fourth-order valence-corrected chi connectivity index (χ4v) is 4.02. The molecule has 3 amide bonds. The Bertz CT molecular complexity index is 952. The van der Waals surface area contributed by atoms with Crippen LogP contribution in [0.15, 0.2) is 36.4 Å². The van der Waals surface area contributed by atoms with Crippen LogP contribution < -0.4 is 5.32 Å². The fourth-order valence-electron chi connectivity index (χ4n) is 3.09. The number of benzene rings is 1. The van der Waals surface area contributed by atoms with Gasteiger partial charge in [-0.05, 0) is 6.08 Å². The van der Waals surface area contributed by atoms with E-state index in [4.69, 9.17) is 9.84 Å². The molecule has 0 bridgehead atoms. The van der Waals surface area contributed by atoms with E-state index in [0.717, 1.165) is 10.4 Å². The van der Waals surface area contributed by atoms with Gasteiger partial charge in [0, 0.05) is 38.9 Å². The zero-order valence-corrected chi connectivity index (χ0v) is 17.9. The molecule has 0 atom stereocenters.